The van der Waals surface area contributed by atoms with E-state index >= 15 is 0 Å². The molecule has 0 aliphatic carbocycles. The average Bonchev–Trinajstić information content (AvgIpc) is 2.55. The molecule has 0 aromatic heterocycles. The third kappa shape index (κ3) is 4.34. The Kier molecular flexibility index (Phi) is 6.20. The zero-order valence-electron chi connectivity index (χ0n) is 13.3. The van der Waals surface area contributed by atoms with Crippen LogP contribution in [0.1, 0.15) is 28.3 Å². The summed E-state index contributed by atoms with van der Waals surface area (Å²) in [6.07, 6.45) is 1.50. The van der Waals surface area contributed by atoms with Crippen LogP contribution in [-0.2, 0) is 17.6 Å². The summed E-state index contributed by atoms with van der Waals surface area (Å²) in [6, 6.07) is 16.7. The van der Waals surface area contributed by atoms with Gasteiger partial charge in [-0.2, -0.15) is 0 Å². The van der Waals surface area contributed by atoms with Gasteiger partial charge >= 0.3 is 0 Å². The molecule has 3 rings (SSSR count). The Morgan fingerprint density at radius 3 is 2.74 bits per heavy atom. The van der Waals surface area contributed by atoms with Gasteiger partial charge in [0, 0.05) is 12.6 Å². The van der Waals surface area contributed by atoms with Gasteiger partial charge in [-0.3, -0.25) is 4.79 Å². The van der Waals surface area contributed by atoms with E-state index in [9.17, 15) is 4.79 Å². The van der Waals surface area contributed by atoms with E-state index in [1.165, 1.54) is 16.7 Å². The normalized spacial score (nSPS) is 16.1. The van der Waals surface area contributed by atoms with Crippen LogP contribution >= 0.6 is 12.4 Å². The molecule has 122 valence electrons. The van der Waals surface area contributed by atoms with Gasteiger partial charge in [0.15, 0.2) is 0 Å². The number of rotatable bonds is 4. The summed E-state index contributed by atoms with van der Waals surface area (Å²) in [7, 11) is 0. The van der Waals surface area contributed by atoms with Crippen molar-refractivity contribution >= 4 is 18.3 Å². The first-order valence-electron chi connectivity index (χ1n) is 7.86. The van der Waals surface area contributed by atoms with Crippen molar-refractivity contribution in [3.63, 3.8) is 0 Å². The highest BCUT2D eigenvalue weighted by atomic mass is 35.5. The largest absolute Gasteiger partial charge is 0.354 e. The van der Waals surface area contributed by atoms with Crippen LogP contribution in [0.25, 0.3) is 0 Å². The quantitative estimate of drug-likeness (QED) is 0.905. The van der Waals surface area contributed by atoms with Crippen LogP contribution in [0.5, 0.6) is 0 Å². The van der Waals surface area contributed by atoms with Crippen molar-refractivity contribution in [1.29, 1.82) is 0 Å². The number of hydrogen-bond donors (Lipinski definition) is 2. The lowest BCUT2D eigenvalue weighted by Gasteiger charge is -2.27. The topological polar surface area (TPSA) is 41.1 Å². The van der Waals surface area contributed by atoms with Crippen molar-refractivity contribution in [2.24, 2.45) is 0 Å². The first-order chi connectivity index (χ1) is 10.7. The smallest absolute Gasteiger partial charge is 0.224 e. The van der Waals surface area contributed by atoms with Gasteiger partial charge in [-0.25, -0.2) is 0 Å². The number of halogens is 1. The maximum Gasteiger partial charge on any atom is 0.224 e. The van der Waals surface area contributed by atoms with E-state index < -0.39 is 0 Å². The summed E-state index contributed by atoms with van der Waals surface area (Å²) in [5.74, 6) is 0.0826. The number of carbonyl (C=O) groups excluding carboxylic acids is 1. The maximum atomic E-state index is 12.2. The number of benzene rings is 2. The molecule has 0 fully saturated rings. The van der Waals surface area contributed by atoms with E-state index in [1.807, 2.05) is 31.2 Å². The molecule has 0 saturated carbocycles. The van der Waals surface area contributed by atoms with E-state index in [-0.39, 0.29) is 24.4 Å². The van der Waals surface area contributed by atoms with Gasteiger partial charge in [-0.1, -0.05) is 48.5 Å². The Labute approximate surface area is 143 Å². The standard InChI is InChI=1S/C19H22N2O.ClH/c1-14-6-2-3-8-16(14)12-19(22)21-13-18-17-9-5-4-7-15(17)10-11-20-18;/h2-9,18,20H,10-13H2,1H3,(H,21,22);1H. The highest BCUT2D eigenvalue weighted by molar-refractivity contribution is 5.85. The van der Waals surface area contributed by atoms with Crippen LogP contribution in [0, 0.1) is 6.92 Å². The minimum absolute atomic E-state index is 0. The lowest BCUT2D eigenvalue weighted by atomic mass is 9.94. The predicted molar refractivity (Wildman–Crippen MR) is 96.0 cm³/mol. The van der Waals surface area contributed by atoms with Crippen LogP contribution in [0.2, 0.25) is 0 Å². The summed E-state index contributed by atoms with van der Waals surface area (Å²) >= 11 is 0. The van der Waals surface area contributed by atoms with Gasteiger partial charge in [0.25, 0.3) is 0 Å². The van der Waals surface area contributed by atoms with E-state index in [0.29, 0.717) is 13.0 Å². The molecule has 1 unspecified atom stereocenters. The monoisotopic (exact) mass is 330 g/mol. The SMILES string of the molecule is Cc1ccccc1CC(=O)NCC1NCCc2ccccc21.Cl. The van der Waals surface area contributed by atoms with Crippen LogP contribution in [0.15, 0.2) is 48.5 Å². The molecule has 3 nitrogen and oxygen atoms in total. The van der Waals surface area contributed by atoms with Crippen LogP contribution < -0.4 is 10.6 Å². The Bertz CT molecular complexity index is 672. The van der Waals surface area contributed by atoms with E-state index in [4.69, 9.17) is 0 Å². The van der Waals surface area contributed by atoms with Gasteiger partial charge in [-0.05, 0) is 42.1 Å². The highest BCUT2D eigenvalue weighted by Crippen LogP contribution is 2.21. The molecule has 23 heavy (non-hydrogen) atoms. The van der Waals surface area contributed by atoms with Crippen molar-refractivity contribution in [3.05, 3.63) is 70.8 Å². The van der Waals surface area contributed by atoms with Gasteiger partial charge in [0.05, 0.1) is 6.42 Å². The van der Waals surface area contributed by atoms with E-state index in [0.717, 1.165) is 18.5 Å². The lowest BCUT2D eigenvalue weighted by Crippen LogP contribution is -2.39. The van der Waals surface area contributed by atoms with Gasteiger partial charge < -0.3 is 10.6 Å². The first-order valence-corrected chi connectivity index (χ1v) is 7.86. The number of fused-ring (bicyclic) bond motifs is 1. The van der Waals surface area contributed by atoms with Crippen molar-refractivity contribution in [1.82, 2.24) is 10.6 Å². The molecule has 2 aromatic carbocycles. The minimum Gasteiger partial charge on any atom is -0.354 e. The molecule has 1 heterocycles. The van der Waals surface area contributed by atoms with E-state index in [1.54, 1.807) is 0 Å². The van der Waals surface area contributed by atoms with Crippen molar-refractivity contribution in [2.75, 3.05) is 13.1 Å². The van der Waals surface area contributed by atoms with Gasteiger partial charge in [-0.15, -0.1) is 12.4 Å². The number of amides is 1. The van der Waals surface area contributed by atoms with Gasteiger partial charge in [0.1, 0.15) is 0 Å². The summed E-state index contributed by atoms with van der Waals surface area (Å²) in [6.45, 7) is 3.65. The second kappa shape index (κ2) is 8.14. The molecule has 0 bridgehead atoms. The van der Waals surface area contributed by atoms with Crippen LogP contribution in [0.4, 0.5) is 0 Å². The van der Waals surface area contributed by atoms with E-state index in [2.05, 4.69) is 34.9 Å². The van der Waals surface area contributed by atoms with Crippen LogP contribution in [-0.4, -0.2) is 19.0 Å². The highest BCUT2D eigenvalue weighted by Gasteiger charge is 2.19. The fourth-order valence-corrected chi connectivity index (χ4v) is 3.03. The summed E-state index contributed by atoms with van der Waals surface area (Å²) < 4.78 is 0. The molecule has 1 aliphatic heterocycles. The number of hydrogen-bond acceptors (Lipinski definition) is 2. The molecule has 0 spiro atoms. The van der Waals surface area contributed by atoms with Gasteiger partial charge in [0.2, 0.25) is 5.91 Å². The third-order valence-electron chi connectivity index (χ3n) is 4.33. The molecule has 1 amide bonds. The first kappa shape index (κ1) is 17.5. The predicted octanol–water partition coefficient (Wildman–Crippen LogP) is 2.96. The number of carbonyl (C=O) groups is 1. The minimum atomic E-state index is 0. The zero-order valence-corrected chi connectivity index (χ0v) is 14.2. The van der Waals surface area contributed by atoms with Crippen molar-refractivity contribution in [3.8, 4) is 0 Å². The maximum absolute atomic E-state index is 12.2. The Balaban J connectivity index is 0.00000192. The molecular weight excluding hydrogens is 308 g/mol. The molecule has 0 saturated heterocycles. The molecular formula is C19H23ClN2O. The molecule has 4 heteroatoms. The molecule has 0 radical (unpaired) electrons. The Morgan fingerprint density at radius 1 is 1.17 bits per heavy atom. The summed E-state index contributed by atoms with van der Waals surface area (Å²) in [5.41, 5.74) is 4.96. The zero-order chi connectivity index (χ0) is 15.4. The molecule has 2 N–H and O–H groups in total. The molecule has 2 aromatic rings. The van der Waals surface area contributed by atoms with Crippen LogP contribution in [0.3, 0.4) is 0 Å². The Morgan fingerprint density at radius 2 is 1.91 bits per heavy atom. The fraction of sp³-hybridized carbons (Fsp3) is 0.316. The fourth-order valence-electron chi connectivity index (χ4n) is 3.03. The second-order valence-corrected chi connectivity index (χ2v) is 5.86. The third-order valence-corrected chi connectivity index (χ3v) is 4.33. The number of aryl methyl sites for hydroxylation is 1. The van der Waals surface area contributed by atoms with Crippen molar-refractivity contribution < 1.29 is 4.79 Å². The summed E-state index contributed by atoms with van der Waals surface area (Å²) in [4.78, 5) is 12.2. The number of nitrogens with one attached hydrogen (secondary N) is 2. The molecule has 1 atom stereocenters. The summed E-state index contributed by atoms with van der Waals surface area (Å²) in [5, 5.41) is 6.56. The molecule has 1 aliphatic rings. The lowest BCUT2D eigenvalue weighted by molar-refractivity contribution is -0.120. The average molecular weight is 331 g/mol. The second-order valence-electron chi connectivity index (χ2n) is 5.86. The van der Waals surface area contributed by atoms with Crippen molar-refractivity contribution in [2.45, 2.75) is 25.8 Å². The Hall–Kier alpha value is -1.84.